The van der Waals surface area contributed by atoms with Gasteiger partial charge in [-0.05, 0) is 6.07 Å². The highest BCUT2D eigenvalue weighted by atomic mass is 19.4. The molecule has 15 heavy (non-hydrogen) atoms. The Morgan fingerprint density at radius 3 is 2.60 bits per heavy atom. The molecule has 0 atom stereocenters. The van der Waals surface area contributed by atoms with Crippen LogP contribution in [0.25, 0.3) is 0 Å². The zero-order valence-corrected chi connectivity index (χ0v) is 7.84. The van der Waals surface area contributed by atoms with E-state index in [9.17, 15) is 13.2 Å². The zero-order valence-electron chi connectivity index (χ0n) is 7.84. The molecule has 0 bridgehead atoms. The van der Waals surface area contributed by atoms with Crippen LogP contribution < -0.4 is 15.2 Å². The summed E-state index contributed by atoms with van der Waals surface area (Å²) in [4.78, 5) is 3.62. The Hall–Kier alpha value is -1.50. The van der Waals surface area contributed by atoms with E-state index in [1.165, 1.54) is 7.11 Å². The Balaban J connectivity index is 2.93. The number of hydrogen-bond donors (Lipinski definition) is 1. The summed E-state index contributed by atoms with van der Waals surface area (Å²) in [7, 11) is 1.35. The van der Waals surface area contributed by atoms with Crippen LogP contribution in [0.3, 0.4) is 0 Å². The zero-order chi connectivity index (χ0) is 11.5. The average Bonchev–Trinajstić information content (AvgIpc) is 2.15. The smallest absolute Gasteiger partial charge is 0.481 e. The highest BCUT2D eigenvalue weighted by molar-refractivity contribution is 5.33. The van der Waals surface area contributed by atoms with Crippen LogP contribution in [-0.2, 0) is 6.54 Å². The minimum Gasteiger partial charge on any atom is -0.481 e. The summed E-state index contributed by atoms with van der Waals surface area (Å²) < 4.78 is 44.0. The number of nitrogens with zero attached hydrogens (tertiary/aromatic N) is 1. The van der Waals surface area contributed by atoms with E-state index < -0.39 is 12.1 Å². The lowest BCUT2D eigenvalue weighted by atomic mass is 10.2. The highest BCUT2D eigenvalue weighted by Crippen LogP contribution is 2.25. The predicted molar refractivity (Wildman–Crippen MR) is 45.4 cm³/mol. The van der Waals surface area contributed by atoms with Crippen LogP contribution >= 0.6 is 0 Å². The molecule has 84 valence electrons. The fourth-order valence-electron chi connectivity index (χ4n) is 0.995. The fraction of sp³-hybridized carbons (Fsp3) is 0.375. The lowest BCUT2D eigenvalue weighted by Gasteiger charge is -2.10. The maximum atomic E-state index is 11.8. The summed E-state index contributed by atoms with van der Waals surface area (Å²) in [6.07, 6.45) is -3.81. The third-order valence-corrected chi connectivity index (χ3v) is 1.55. The summed E-state index contributed by atoms with van der Waals surface area (Å²) in [5, 5.41) is 0. The van der Waals surface area contributed by atoms with Gasteiger partial charge < -0.3 is 15.2 Å². The molecule has 0 saturated heterocycles. The number of hydrogen-bond acceptors (Lipinski definition) is 4. The maximum absolute atomic E-state index is 11.8. The first-order valence-corrected chi connectivity index (χ1v) is 3.95. The van der Waals surface area contributed by atoms with Crippen molar-refractivity contribution in [2.24, 2.45) is 5.73 Å². The molecule has 0 aromatic carbocycles. The number of ether oxygens (including phenoxy) is 2. The second kappa shape index (κ2) is 4.35. The predicted octanol–water partition coefficient (Wildman–Crippen LogP) is 1.45. The van der Waals surface area contributed by atoms with Gasteiger partial charge in [-0.2, -0.15) is 0 Å². The summed E-state index contributed by atoms with van der Waals surface area (Å²) in [5.74, 6) is -0.226. The first-order chi connectivity index (χ1) is 6.96. The fourth-order valence-corrected chi connectivity index (χ4v) is 0.995. The molecule has 0 fully saturated rings. The lowest BCUT2D eigenvalue weighted by Crippen LogP contribution is -2.17. The largest absolute Gasteiger partial charge is 0.573 e. The number of methoxy groups -OCH3 is 1. The van der Waals surface area contributed by atoms with Crippen LogP contribution in [0.15, 0.2) is 12.3 Å². The highest BCUT2D eigenvalue weighted by Gasteiger charge is 2.31. The van der Waals surface area contributed by atoms with Gasteiger partial charge in [0.2, 0.25) is 5.88 Å². The van der Waals surface area contributed by atoms with Gasteiger partial charge in [0, 0.05) is 12.1 Å². The molecule has 4 nitrogen and oxygen atoms in total. The lowest BCUT2D eigenvalue weighted by molar-refractivity contribution is -0.274. The molecular formula is C8H9F3N2O2. The average molecular weight is 222 g/mol. The van der Waals surface area contributed by atoms with Crippen molar-refractivity contribution >= 4 is 0 Å². The Kier molecular flexibility index (Phi) is 3.35. The molecule has 1 heterocycles. The molecule has 0 aliphatic heterocycles. The Morgan fingerprint density at radius 1 is 1.47 bits per heavy atom. The summed E-state index contributed by atoms with van der Waals surface area (Å²) in [6.45, 7) is 0.0191. The third-order valence-electron chi connectivity index (χ3n) is 1.55. The maximum Gasteiger partial charge on any atom is 0.573 e. The van der Waals surface area contributed by atoms with Gasteiger partial charge in [0.05, 0.1) is 13.3 Å². The van der Waals surface area contributed by atoms with Gasteiger partial charge in [-0.1, -0.05) is 0 Å². The van der Waals surface area contributed by atoms with Gasteiger partial charge in [-0.3, -0.25) is 0 Å². The van der Waals surface area contributed by atoms with E-state index in [-0.39, 0.29) is 12.4 Å². The van der Waals surface area contributed by atoms with Crippen LogP contribution in [0.5, 0.6) is 11.6 Å². The molecule has 0 unspecified atom stereocenters. The van der Waals surface area contributed by atoms with Crippen LogP contribution in [0.4, 0.5) is 13.2 Å². The van der Waals surface area contributed by atoms with Crippen molar-refractivity contribution in [2.75, 3.05) is 7.11 Å². The molecule has 0 aliphatic rings. The molecule has 7 heteroatoms. The summed E-state index contributed by atoms with van der Waals surface area (Å²) in [6, 6.07) is 1.14. The minimum atomic E-state index is -4.73. The number of rotatable bonds is 3. The Morgan fingerprint density at radius 2 is 2.13 bits per heavy atom. The number of alkyl halides is 3. The van der Waals surface area contributed by atoms with E-state index in [0.29, 0.717) is 5.56 Å². The van der Waals surface area contributed by atoms with E-state index >= 15 is 0 Å². The van der Waals surface area contributed by atoms with Gasteiger partial charge in [0.25, 0.3) is 0 Å². The Bertz CT molecular complexity index is 341. The van der Waals surface area contributed by atoms with E-state index in [4.69, 9.17) is 10.5 Å². The molecule has 1 aromatic heterocycles. The first kappa shape index (κ1) is 11.6. The number of halogens is 3. The first-order valence-electron chi connectivity index (χ1n) is 3.95. The van der Waals surface area contributed by atoms with Crippen LogP contribution in [0.1, 0.15) is 5.56 Å². The molecule has 1 rings (SSSR count). The quantitative estimate of drug-likeness (QED) is 0.840. The Labute approximate surface area is 83.8 Å². The van der Waals surface area contributed by atoms with Crippen molar-refractivity contribution in [3.8, 4) is 11.6 Å². The van der Waals surface area contributed by atoms with Gasteiger partial charge >= 0.3 is 6.36 Å². The van der Waals surface area contributed by atoms with Crippen molar-refractivity contribution in [3.05, 3.63) is 17.8 Å². The van der Waals surface area contributed by atoms with E-state index in [2.05, 4.69) is 9.72 Å². The molecular weight excluding hydrogens is 213 g/mol. The minimum absolute atomic E-state index is 0.0191. The monoisotopic (exact) mass is 222 g/mol. The van der Waals surface area contributed by atoms with Crippen molar-refractivity contribution < 1.29 is 22.6 Å². The van der Waals surface area contributed by atoms with E-state index in [0.717, 1.165) is 12.3 Å². The normalized spacial score (nSPS) is 11.3. The topological polar surface area (TPSA) is 57.4 Å². The standard InChI is InChI=1S/C8H9F3N2O2/c1-14-7-5(3-12)2-6(4-13-7)15-8(9,10)11/h2,4H,3,12H2,1H3. The molecule has 1 aromatic rings. The molecule has 2 N–H and O–H groups in total. The van der Waals surface area contributed by atoms with Crippen molar-refractivity contribution in [1.29, 1.82) is 0 Å². The number of pyridine rings is 1. The van der Waals surface area contributed by atoms with E-state index in [1.54, 1.807) is 0 Å². The van der Waals surface area contributed by atoms with E-state index in [1.807, 2.05) is 0 Å². The summed E-state index contributed by atoms with van der Waals surface area (Å²) >= 11 is 0. The summed E-state index contributed by atoms with van der Waals surface area (Å²) in [5.41, 5.74) is 5.65. The van der Waals surface area contributed by atoms with Crippen LogP contribution in [-0.4, -0.2) is 18.5 Å². The van der Waals surface area contributed by atoms with Gasteiger partial charge in [-0.15, -0.1) is 13.2 Å². The second-order valence-corrected chi connectivity index (χ2v) is 2.59. The van der Waals surface area contributed by atoms with Crippen molar-refractivity contribution in [2.45, 2.75) is 12.9 Å². The van der Waals surface area contributed by atoms with Crippen molar-refractivity contribution in [1.82, 2.24) is 4.98 Å². The molecule has 0 radical (unpaired) electrons. The molecule has 0 amide bonds. The SMILES string of the molecule is COc1ncc(OC(F)(F)F)cc1CN. The van der Waals surface area contributed by atoms with Crippen LogP contribution in [0.2, 0.25) is 0 Å². The van der Waals surface area contributed by atoms with Gasteiger partial charge in [0.1, 0.15) is 5.75 Å². The number of aromatic nitrogens is 1. The van der Waals surface area contributed by atoms with Gasteiger partial charge in [-0.25, -0.2) is 4.98 Å². The van der Waals surface area contributed by atoms with Crippen LogP contribution in [0, 0.1) is 0 Å². The van der Waals surface area contributed by atoms with Gasteiger partial charge in [0.15, 0.2) is 0 Å². The second-order valence-electron chi connectivity index (χ2n) is 2.59. The third kappa shape index (κ3) is 3.28. The molecule has 0 aliphatic carbocycles. The molecule has 0 spiro atoms. The number of nitrogens with two attached hydrogens (primary N) is 1. The van der Waals surface area contributed by atoms with Crippen molar-refractivity contribution in [3.63, 3.8) is 0 Å². The molecule has 0 saturated carbocycles.